The molecule has 3 aromatic rings. The van der Waals surface area contributed by atoms with Crippen molar-refractivity contribution in [3.63, 3.8) is 0 Å². The molecule has 0 saturated carbocycles. The van der Waals surface area contributed by atoms with E-state index in [4.69, 9.17) is 18.9 Å². The second-order valence-electron chi connectivity index (χ2n) is 7.23. The Kier molecular flexibility index (Phi) is 6.22. The largest absolute Gasteiger partial charge is 0.496 e. The molecule has 0 radical (unpaired) electrons. The number of carbonyl (C=O) groups excluding carboxylic acids is 1. The first-order valence-electron chi connectivity index (χ1n) is 10.1. The van der Waals surface area contributed by atoms with Crippen LogP contribution in [0.2, 0.25) is 0 Å². The maximum atomic E-state index is 12.6. The highest BCUT2D eigenvalue weighted by Gasteiger charge is 2.14. The van der Waals surface area contributed by atoms with Gasteiger partial charge in [-0.2, -0.15) is 0 Å². The zero-order valence-corrected chi connectivity index (χ0v) is 17.6. The van der Waals surface area contributed by atoms with Crippen LogP contribution in [0.5, 0.6) is 23.0 Å². The van der Waals surface area contributed by atoms with Crippen LogP contribution in [0.4, 0.5) is 0 Å². The van der Waals surface area contributed by atoms with Crippen molar-refractivity contribution in [3.8, 4) is 23.0 Å². The normalized spacial score (nSPS) is 12.6. The molecule has 0 saturated heterocycles. The topological polar surface area (TPSA) is 54.0 Å². The summed E-state index contributed by atoms with van der Waals surface area (Å²) < 4.78 is 22.4. The molecule has 0 spiro atoms. The van der Waals surface area contributed by atoms with Gasteiger partial charge in [0.2, 0.25) is 0 Å². The molecule has 31 heavy (non-hydrogen) atoms. The van der Waals surface area contributed by atoms with E-state index in [1.807, 2.05) is 49.4 Å². The van der Waals surface area contributed by atoms with Gasteiger partial charge in [0.1, 0.15) is 31.3 Å². The highest BCUT2D eigenvalue weighted by atomic mass is 16.6. The van der Waals surface area contributed by atoms with Crippen LogP contribution in [0.25, 0.3) is 6.08 Å². The van der Waals surface area contributed by atoms with Gasteiger partial charge in [-0.3, -0.25) is 4.79 Å². The maximum absolute atomic E-state index is 12.6. The van der Waals surface area contributed by atoms with Crippen LogP contribution in [-0.4, -0.2) is 26.1 Å². The van der Waals surface area contributed by atoms with E-state index in [-0.39, 0.29) is 5.78 Å². The van der Waals surface area contributed by atoms with E-state index in [1.54, 1.807) is 37.5 Å². The van der Waals surface area contributed by atoms with Crippen molar-refractivity contribution in [3.05, 3.63) is 89.0 Å². The molecule has 3 aromatic carbocycles. The molecule has 5 nitrogen and oxygen atoms in total. The second-order valence-corrected chi connectivity index (χ2v) is 7.23. The summed E-state index contributed by atoms with van der Waals surface area (Å²) in [4.78, 5) is 12.6. The Bertz CT molecular complexity index is 1100. The van der Waals surface area contributed by atoms with Crippen LogP contribution in [0.15, 0.2) is 66.7 Å². The summed E-state index contributed by atoms with van der Waals surface area (Å²) in [6, 6.07) is 18.9. The van der Waals surface area contributed by atoms with Gasteiger partial charge in [0.15, 0.2) is 17.3 Å². The SMILES string of the molecule is COc1ccc(/C=C/C(=O)c2ccc3c(c2)OCCO3)cc1COc1ccc(C)cc1. The molecule has 0 fully saturated rings. The summed E-state index contributed by atoms with van der Waals surface area (Å²) >= 11 is 0. The van der Waals surface area contributed by atoms with Crippen molar-refractivity contribution in [1.29, 1.82) is 0 Å². The van der Waals surface area contributed by atoms with Gasteiger partial charge in [0, 0.05) is 11.1 Å². The molecular formula is C26H24O5. The third-order valence-corrected chi connectivity index (χ3v) is 4.97. The van der Waals surface area contributed by atoms with Gasteiger partial charge in [0.25, 0.3) is 0 Å². The summed E-state index contributed by atoms with van der Waals surface area (Å²) in [6.45, 7) is 3.41. The molecule has 1 heterocycles. The highest BCUT2D eigenvalue weighted by Crippen LogP contribution is 2.31. The van der Waals surface area contributed by atoms with Crippen LogP contribution in [0.1, 0.15) is 27.0 Å². The van der Waals surface area contributed by atoms with Crippen LogP contribution in [0, 0.1) is 6.92 Å². The zero-order chi connectivity index (χ0) is 21.6. The summed E-state index contributed by atoms with van der Waals surface area (Å²) in [5.41, 5.74) is 3.52. The Morgan fingerprint density at radius 2 is 1.74 bits per heavy atom. The fourth-order valence-corrected chi connectivity index (χ4v) is 3.28. The van der Waals surface area contributed by atoms with E-state index in [0.29, 0.717) is 36.9 Å². The van der Waals surface area contributed by atoms with Crippen LogP contribution in [-0.2, 0) is 6.61 Å². The Morgan fingerprint density at radius 1 is 0.968 bits per heavy atom. The first-order chi connectivity index (χ1) is 15.1. The zero-order valence-electron chi connectivity index (χ0n) is 17.6. The number of hydrogen-bond acceptors (Lipinski definition) is 5. The number of benzene rings is 3. The lowest BCUT2D eigenvalue weighted by Gasteiger charge is -2.18. The summed E-state index contributed by atoms with van der Waals surface area (Å²) in [6.07, 6.45) is 3.34. The van der Waals surface area contributed by atoms with Gasteiger partial charge in [0.05, 0.1) is 7.11 Å². The van der Waals surface area contributed by atoms with Gasteiger partial charge in [-0.1, -0.05) is 29.8 Å². The van der Waals surface area contributed by atoms with Crippen LogP contribution in [0.3, 0.4) is 0 Å². The molecule has 4 rings (SSSR count). The molecule has 5 heteroatoms. The van der Waals surface area contributed by atoms with E-state index in [0.717, 1.165) is 22.6 Å². The lowest BCUT2D eigenvalue weighted by Crippen LogP contribution is -2.15. The molecule has 0 aliphatic carbocycles. The van der Waals surface area contributed by atoms with E-state index in [9.17, 15) is 4.79 Å². The average molecular weight is 416 g/mol. The lowest BCUT2D eigenvalue weighted by molar-refractivity contribution is 0.104. The third kappa shape index (κ3) is 5.07. The Labute approximate surface area is 181 Å². The molecule has 0 atom stereocenters. The van der Waals surface area contributed by atoms with Crippen molar-refractivity contribution in [2.45, 2.75) is 13.5 Å². The monoisotopic (exact) mass is 416 g/mol. The number of hydrogen-bond donors (Lipinski definition) is 0. The van der Waals surface area contributed by atoms with Crippen LogP contribution >= 0.6 is 0 Å². The minimum atomic E-state index is -0.106. The Balaban J connectivity index is 1.47. The number of rotatable bonds is 7. The van der Waals surface area contributed by atoms with Crippen molar-refractivity contribution < 1.29 is 23.7 Å². The van der Waals surface area contributed by atoms with E-state index in [1.165, 1.54) is 5.56 Å². The minimum Gasteiger partial charge on any atom is -0.496 e. The molecule has 0 aromatic heterocycles. The Hall–Kier alpha value is -3.73. The van der Waals surface area contributed by atoms with Crippen molar-refractivity contribution in [1.82, 2.24) is 0 Å². The van der Waals surface area contributed by atoms with Gasteiger partial charge in [-0.05, 0) is 61.0 Å². The van der Waals surface area contributed by atoms with Crippen molar-refractivity contribution in [2.24, 2.45) is 0 Å². The average Bonchev–Trinajstić information content (AvgIpc) is 2.82. The first kappa shape index (κ1) is 20.5. The fourth-order valence-electron chi connectivity index (χ4n) is 3.28. The number of carbonyl (C=O) groups is 1. The number of ketones is 1. The molecule has 0 N–H and O–H groups in total. The van der Waals surface area contributed by atoms with Crippen molar-refractivity contribution in [2.75, 3.05) is 20.3 Å². The first-order valence-corrected chi connectivity index (χ1v) is 10.1. The highest BCUT2D eigenvalue weighted by molar-refractivity contribution is 6.07. The van der Waals surface area contributed by atoms with E-state index in [2.05, 4.69) is 0 Å². The molecule has 158 valence electrons. The molecule has 1 aliphatic rings. The lowest BCUT2D eigenvalue weighted by atomic mass is 10.1. The van der Waals surface area contributed by atoms with Crippen LogP contribution < -0.4 is 18.9 Å². The summed E-state index contributed by atoms with van der Waals surface area (Å²) in [7, 11) is 1.63. The number of aryl methyl sites for hydroxylation is 1. The fraction of sp³-hybridized carbons (Fsp3) is 0.192. The molecule has 0 unspecified atom stereocenters. The number of allylic oxidation sites excluding steroid dienone is 1. The minimum absolute atomic E-state index is 0.106. The summed E-state index contributed by atoms with van der Waals surface area (Å²) in [5, 5.41) is 0. The molecule has 1 aliphatic heterocycles. The second kappa shape index (κ2) is 9.39. The van der Waals surface area contributed by atoms with E-state index < -0.39 is 0 Å². The smallest absolute Gasteiger partial charge is 0.185 e. The van der Waals surface area contributed by atoms with Gasteiger partial charge in [-0.15, -0.1) is 0 Å². The number of ether oxygens (including phenoxy) is 4. The van der Waals surface area contributed by atoms with Crippen molar-refractivity contribution >= 4 is 11.9 Å². The van der Waals surface area contributed by atoms with Gasteiger partial charge >= 0.3 is 0 Å². The van der Waals surface area contributed by atoms with E-state index >= 15 is 0 Å². The molecule has 0 bridgehead atoms. The Morgan fingerprint density at radius 3 is 2.52 bits per heavy atom. The van der Waals surface area contributed by atoms with Gasteiger partial charge < -0.3 is 18.9 Å². The number of fused-ring (bicyclic) bond motifs is 1. The number of methoxy groups -OCH3 is 1. The molecule has 0 amide bonds. The summed E-state index contributed by atoms with van der Waals surface area (Å²) in [5.74, 6) is 2.70. The van der Waals surface area contributed by atoms with Gasteiger partial charge in [-0.25, -0.2) is 0 Å². The quantitative estimate of drug-likeness (QED) is 0.389. The predicted octanol–water partition coefficient (Wildman–Crippen LogP) is 5.25. The third-order valence-electron chi connectivity index (χ3n) is 4.97. The predicted molar refractivity (Wildman–Crippen MR) is 119 cm³/mol. The maximum Gasteiger partial charge on any atom is 0.185 e. The standard InChI is InChI=1S/C26H24O5/c1-18-3-8-22(9-4-18)31-17-21-15-19(6-11-24(21)28-2)5-10-23(27)20-7-12-25-26(16-20)30-14-13-29-25/h3-12,15-16H,13-14,17H2,1-2H3/b10-5+. The molecular weight excluding hydrogens is 392 g/mol.